The summed E-state index contributed by atoms with van der Waals surface area (Å²) in [4.78, 5) is 28.2. The van der Waals surface area contributed by atoms with Crippen LogP contribution in [0.25, 0.3) is 0 Å². The van der Waals surface area contributed by atoms with Crippen molar-refractivity contribution in [3.05, 3.63) is 71.3 Å². The Kier molecular flexibility index (Phi) is 5.03. The fourth-order valence-electron chi connectivity index (χ4n) is 1.68. The van der Waals surface area contributed by atoms with Crippen LogP contribution in [0.2, 0.25) is 0 Å². The van der Waals surface area contributed by atoms with Crippen LogP contribution >= 0.6 is 0 Å². The first-order valence-corrected chi connectivity index (χ1v) is 6.21. The van der Waals surface area contributed by atoms with Crippen molar-refractivity contribution in [2.75, 3.05) is 0 Å². The third kappa shape index (κ3) is 4.13. The molecule has 0 aliphatic heterocycles. The summed E-state index contributed by atoms with van der Waals surface area (Å²) in [7, 11) is 0. The van der Waals surface area contributed by atoms with Crippen LogP contribution in [-0.4, -0.2) is 17.0 Å². The molecule has 2 aromatic carbocycles. The van der Waals surface area contributed by atoms with E-state index in [4.69, 9.17) is 10.0 Å². The van der Waals surface area contributed by atoms with Crippen LogP contribution in [0.5, 0.6) is 0 Å². The molecule has 0 aliphatic carbocycles. The molecule has 0 unspecified atom stereocenters. The van der Waals surface area contributed by atoms with E-state index in [1.165, 1.54) is 29.7 Å². The Hall–Kier alpha value is -2.70. The summed E-state index contributed by atoms with van der Waals surface area (Å²) < 4.78 is 0. The minimum Gasteiger partial charge on any atom is -0.288 e. The van der Waals surface area contributed by atoms with Crippen LogP contribution in [0.3, 0.4) is 0 Å². The number of hydrogen-bond donors (Lipinski definition) is 3. The van der Waals surface area contributed by atoms with E-state index < -0.39 is 11.8 Å². The van der Waals surface area contributed by atoms with Gasteiger partial charge in [-0.3, -0.25) is 19.6 Å². The molecular formula is C15H14N2O4. The SMILES string of the molecule is O=C(NO)c1cccc(C(=O)NOCc2ccccc2)c1. The van der Waals surface area contributed by atoms with Crippen molar-refractivity contribution >= 4 is 11.8 Å². The van der Waals surface area contributed by atoms with Gasteiger partial charge in [0.1, 0.15) is 0 Å². The van der Waals surface area contributed by atoms with E-state index in [0.717, 1.165) is 5.56 Å². The van der Waals surface area contributed by atoms with Crippen LogP contribution in [0.1, 0.15) is 26.3 Å². The monoisotopic (exact) mass is 286 g/mol. The third-order valence-corrected chi connectivity index (χ3v) is 2.74. The molecule has 0 spiro atoms. The van der Waals surface area contributed by atoms with Gasteiger partial charge in [0.2, 0.25) is 0 Å². The summed E-state index contributed by atoms with van der Waals surface area (Å²) in [6, 6.07) is 15.3. The molecule has 0 aliphatic rings. The van der Waals surface area contributed by atoms with Gasteiger partial charge >= 0.3 is 0 Å². The molecule has 0 atom stereocenters. The second kappa shape index (κ2) is 7.18. The lowest BCUT2D eigenvalue weighted by molar-refractivity contribution is 0.0233. The molecule has 0 aromatic heterocycles. The van der Waals surface area contributed by atoms with Crippen LogP contribution in [0.4, 0.5) is 0 Å². The summed E-state index contributed by atoms with van der Waals surface area (Å²) in [6.07, 6.45) is 0. The Bertz CT molecular complexity index is 629. The van der Waals surface area contributed by atoms with Gasteiger partial charge in [-0.2, -0.15) is 0 Å². The van der Waals surface area contributed by atoms with E-state index in [2.05, 4.69) is 5.48 Å². The highest BCUT2D eigenvalue weighted by molar-refractivity contribution is 5.98. The molecule has 0 radical (unpaired) electrons. The Balaban J connectivity index is 1.93. The molecule has 0 fully saturated rings. The van der Waals surface area contributed by atoms with E-state index in [0.29, 0.717) is 0 Å². The molecular weight excluding hydrogens is 272 g/mol. The van der Waals surface area contributed by atoms with Crippen molar-refractivity contribution in [2.45, 2.75) is 6.61 Å². The van der Waals surface area contributed by atoms with Gasteiger partial charge < -0.3 is 0 Å². The van der Waals surface area contributed by atoms with Crippen molar-refractivity contribution in [3.8, 4) is 0 Å². The maximum absolute atomic E-state index is 11.9. The number of carbonyl (C=O) groups is 2. The first-order chi connectivity index (χ1) is 10.2. The third-order valence-electron chi connectivity index (χ3n) is 2.74. The number of nitrogens with one attached hydrogen (secondary N) is 2. The average Bonchev–Trinajstić information content (AvgIpc) is 2.55. The van der Waals surface area contributed by atoms with E-state index in [-0.39, 0.29) is 17.7 Å². The van der Waals surface area contributed by atoms with Crippen LogP contribution in [0, 0.1) is 0 Å². The zero-order valence-corrected chi connectivity index (χ0v) is 11.1. The van der Waals surface area contributed by atoms with Crippen molar-refractivity contribution in [1.82, 2.24) is 11.0 Å². The van der Waals surface area contributed by atoms with Crippen LogP contribution in [-0.2, 0) is 11.4 Å². The summed E-state index contributed by atoms with van der Waals surface area (Å²) in [5.41, 5.74) is 5.16. The highest BCUT2D eigenvalue weighted by Gasteiger charge is 2.09. The molecule has 3 N–H and O–H groups in total. The van der Waals surface area contributed by atoms with Crippen LogP contribution in [0.15, 0.2) is 54.6 Å². The zero-order chi connectivity index (χ0) is 15.1. The lowest BCUT2D eigenvalue weighted by Gasteiger charge is -2.07. The molecule has 2 rings (SSSR count). The number of amides is 2. The fourth-order valence-corrected chi connectivity index (χ4v) is 1.68. The fraction of sp³-hybridized carbons (Fsp3) is 0.0667. The number of hydroxylamine groups is 2. The minimum atomic E-state index is -0.685. The second-order valence-corrected chi connectivity index (χ2v) is 4.23. The topological polar surface area (TPSA) is 87.7 Å². The standard InChI is InChI=1S/C15H14N2O4/c18-14(16-20)12-7-4-8-13(9-12)15(19)17-21-10-11-5-2-1-3-6-11/h1-9,20H,10H2,(H,16,18)(H,17,19). The maximum Gasteiger partial charge on any atom is 0.274 e. The quantitative estimate of drug-likeness (QED) is 0.576. The molecule has 0 heterocycles. The molecule has 2 aromatic rings. The zero-order valence-electron chi connectivity index (χ0n) is 11.1. The average molecular weight is 286 g/mol. The molecule has 6 nitrogen and oxygen atoms in total. The number of carbonyl (C=O) groups excluding carboxylic acids is 2. The molecule has 2 amide bonds. The smallest absolute Gasteiger partial charge is 0.274 e. The van der Waals surface area contributed by atoms with Gasteiger partial charge in [0, 0.05) is 11.1 Å². The first-order valence-electron chi connectivity index (χ1n) is 6.21. The first kappa shape index (κ1) is 14.7. The van der Waals surface area contributed by atoms with Gasteiger partial charge in [0.05, 0.1) is 6.61 Å². The van der Waals surface area contributed by atoms with E-state index >= 15 is 0 Å². The number of rotatable bonds is 5. The van der Waals surface area contributed by atoms with Crippen molar-refractivity contribution in [1.29, 1.82) is 0 Å². The molecule has 108 valence electrons. The van der Waals surface area contributed by atoms with Crippen molar-refractivity contribution in [2.24, 2.45) is 0 Å². The van der Waals surface area contributed by atoms with Gasteiger partial charge in [-0.15, -0.1) is 0 Å². The summed E-state index contributed by atoms with van der Waals surface area (Å²) >= 11 is 0. The van der Waals surface area contributed by atoms with E-state index in [1.807, 2.05) is 30.3 Å². The van der Waals surface area contributed by atoms with Gasteiger partial charge in [0.15, 0.2) is 0 Å². The number of benzene rings is 2. The van der Waals surface area contributed by atoms with E-state index in [1.54, 1.807) is 0 Å². The molecule has 0 saturated carbocycles. The predicted molar refractivity (Wildman–Crippen MR) is 74.4 cm³/mol. The number of hydrogen-bond acceptors (Lipinski definition) is 4. The van der Waals surface area contributed by atoms with Crippen molar-refractivity contribution < 1.29 is 19.6 Å². The molecule has 0 saturated heterocycles. The largest absolute Gasteiger partial charge is 0.288 e. The summed E-state index contributed by atoms with van der Waals surface area (Å²) in [5, 5.41) is 8.56. The Labute approximate surface area is 121 Å². The Morgan fingerprint density at radius 2 is 1.62 bits per heavy atom. The highest BCUT2D eigenvalue weighted by atomic mass is 16.6. The van der Waals surface area contributed by atoms with Gasteiger partial charge in [-0.05, 0) is 23.8 Å². The highest BCUT2D eigenvalue weighted by Crippen LogP contribution is 2.06. The molecule has 0 bridgehead atoms. The Morgan fingerprint density at radius 1 is 0.952 bits per heavy atom. The Morgan fingerprint density at radius 3 is 2.29 bits per heavy atom. The van der Waals surface area contributed by atoms with Gasteiger partial charge in [0.25, 0.3) is 11.8 Å². The predicted octanol–water partition coefficient (Wildman–Crippen LogP) is 1.67. The van der Waals surface area contributed by atoms with E-state index in [9.17, 15) is 9.59 Å². The lowest BCUT2D eigenvalue weighted by atomic mass is 10.1. The normalized spacial score (nSPS) is 9.95. The lowest BCUT2D eigenvalue weighted by Crippen LogP contribution is -2.24. The van der Waals surface area contributed by atoms with Gasteiger partial charge in [-0.25, -0.2) is 11.0 Å². The van der Waals surface area contributed by atoms with Gasteiger partial charge in [-0.1, -0.05) is 36.4 Å². The second-order valence-electron chi connectivity index (χ2n) is 4.23. The van der Waals surface area contributed by atoms with Crippen molar-refractivity contribution in [3.63, 3.8) is 0 Å². The summed E-state index contributed by atoms with van der Waals surface area (Å²) in [6.45, 7) is 0.239. The molecule has 21 heavy (non-hydrogen) atoms. The maximum atomic E-state index is 11.9. The molecule has 6 heteroatoms. The summed E-state index contributed by atoms with van der Waals surface area (Å²) in [5.74, 6) is -1.16. The van der Waals surface area contributed by atoms with Crippen LogP contribution < -0.4 is 11.0 Å². The minimum absolute atomic E-state index is 0.174.